The molecule has 2 aromatic rings. The van der Waals surface area contributed by atoms with Crippen molar-refractivity contribution in [2.24, 2.45) is 5.92 Å². The predicted octanol–water partition coefficient (Wildman–Crippen LogP) is 3.44. The zero-order valence-electron chi connectivity index (χ0n) is 14.9. The molecule has 1 aromatic carbocycles. The maximum Gasteiger partial charge on any atom is 0.321 e. The van der Waals surface area contributed by atoms with Crippen LogP contribution in [0.25, 0.3) is 0 Å². The summed E-state index contributed by atoms with van der Waals surface area (Å²) in [6.07, 6.45) is 2.88. The molecule has 2 N–H and O–H groups in total. The van der Waals surface area contributed by atoms with Gasteiger partial charge in [-0.1, -0.05) is 42.0 Å². The van der Waals surface area contributed by atoms with E-state index in [0.717, 1.165) is 54.8 Å². The van der Waals surface area contributed by atoms with Gasteiger partial charge in [0.05, 0.1) is 0 Å². The molecule has 1 saturated heterocycles. The first kappa shape index (κ1) is 19.1. The molecule has 0 aliphatic carbocycles. The summed E-state index contributed by atoms with van der Waals surface area (Å²) in [6, 6.07) is 7.90. The van der Waals surface area contributed by atoms with Gasteiger partial charge in [-0.3, -0.25) is 5.32 Å². The molecule has 0 radical (unpaired) electrons. The van der Waals surface area contributed by atoms with E-state index in [1.165, 1.54) is 16.9 Å². The lowest BCUT2D eigenvalue weighted by molar-refractivity contribution is 0.0996. The number of nitrogens with zero attached hydrogens (tertiary/aromatic N) is 3. The second kappa shape index (κ2) is 9.30. The van der Waals surface area contributed by atoms with Crippen molar-refractivity contribution in [2.75, 3.05) is 31.5 Å². The highest BCUT2D eigenvalue weighted by Crippen LogP contribution is 2.21. The van der Waals surface area contributed by atoms with Crippen molar-refractivity contribution in [3.8, 4) is 0 Å². The fourth-order valence-electron chi connectivity index (χ4n) is 3.04. The molecule has 1 aliphatic heterocycles. The summed E-state index contributed by atoms with van der Waals surface area (Å²) < 4.78 is 0. The zero-order valence-corrected chi connectivity index (χ0v) is 16.4. The Bertz CT molecular complexity index is 715. The van der Waals surface area contributed by atoms with Crippen molar-refractivity contribution in [3.05, 3.63) is 39.9 Å². The lowest BCUT2D eigenvalue weighted by Gasteiger charge is -2.39. The Kier molecular flexibility index (Phi) is 6.82. The largest absolute Gasteiger partial charge is 0.338 e. The van der Waals surface area contributed by atoms with E-state index in [4.69, 9.17) is 11.6 Å². The molecule has 1 aliphatic rings. The first-order valence-corrected chi connectivity index (χ1v) is 10.2. The molecule has 140 valence electrons. The second-order valence-electron chi connectivity index (χ2n) is 6.55. The van der Waals surface area contributed by atoms with Gasteiger partial charge in [-0.2, -0.15) is 0 Å². The zero-order chi connectivity index (χ0) is 18.4. The predicted molar refractivity (Wildman–Crippen MR) is 106 cm³/mol. The van der Waals surface area contributed by atoms with E-state index in [-0.39, 0.29) is 6.03 Å². The van der Waals surface area contributed by atoms with Crippen LogP contribution < -0.4 is 10.6 Å². The number of nitrogens with one attached hydrogen (secondary N) is 2. The minimum absolute atomic E-state index is 0.215. The third kappa shape index (κ3) is 5.65. The topological polar surface area (TPSA) is 70.1 Å². The summed E-state index contributed by atoms with van der Waals surface area (Å²) in [4.78, 5) is 14.2. The third-order valence-corrected chi connectivity index (χ3v) is 5.63. The Morgan fingerprint density at radius 3 is 2.77 bits per heavy atom. The number of hydrogen-bond acceptors (Lipinski definition) is 5. The molecule has 0 unspecified atom stereocenters. The third-order valence-electron chi connectivity index (χ3n) is 4.40. The normalized spacial score (nSPS) is 14.8. The Hall–Kier alpha value is -1.70. The number of halogens is 1. The number of carbonyl (C=O) groups is 1. The number of benzene rings is 1. The van der Waals surface area contributed by atoms with Gasteiger partial charge in [-0.25, -0.2) is 4.79 Å². The van der Waals surface area contributed by atoms with Gasteiger partial charge in [0.15, 0.2) is 0 Å². The number of hydrogen-bond donors (Lipinski definition) is 2. The molecule has 8 heteroatoms. The molecule has 1 aromatic heterocycles. The van der Waals surface area contributed by atoms with Crippen LogP contribution in [-0.4, -0.2) is 47.3 Å². The van der Waals surface area contributed by atoms with Crippen molar-refractivity contribution in [2.45, 2.75) is 26.2 Å². The molecule has 0 atom stereocenters. The van der Waals surface area contributed by atoms with Crippen LogP contribution in [0.1, 0.15) is 23.9 Å². The van der Waals surface area contributed by atoms with E-state index in [1.54, 1.807) is 0 Å². The standard InChI is InChI=1S/C18H24ClN5OS/c1-2-16-22-23-18(26-16)21-17(25)20-8-3-9-24-11-14(12-24)10-13-4-6-15(19)7-5-13/h4-7,14H,2-3,8-12H2,1H3,(H2,20,21,23,25). The molecule has 1 fully saturated rings. The first-order valence-electron chi connectivity index (χ1n) is 8.96. The number of likely N-dealkylation sites (tertiary alicyclic amines) is 1. The summed E-state index contributed by atoms with van der Waals surface area (Å²) >= 11 is 7.33. The SMILES string of the molecule is CCc1nnc(NC(=O)NCCCN2CC(Cc3ccc(Cl)cc3)C2)s1. The molecule has 3 rings (SSSR count). The number of aryl methyl sites for hydroxylation is 1. The second-order valence-corrected chi connectivity index (χ2v) is 8.04. The highest BCUT2D eigenvalue weighted by atomic mass is 35.5. The van der Waals surface area contributed by atoms with Gasteiger partial charge in [0.1, 0.15) is 5.01 Å². The van der Waals surface area contributed by atoms with Gasteiger partial charge >= 0.3 is 6.03 Å². The van der Waals surface area contributed by atoms with Crippen molar-refractivity contribution < 1.29 is 4.79 Å². The van der Waals surface area contributed by atoms with Gasteiger partial charge in [0.2, 0.25) is 5.13 Å². The number of aromatic nitrogens is 2. The van der Waals surface area contributed by atoms with Crippen LogP contribution in [0.2, 0.25) is 5.02 Å². The molecule has 0 saturated carbocycles. The maximum atomic E-state index is 11.8. The molecule has 2 heterocycles. The molecule has 26 heavy (non-hydrogen) atoms. The van der Waals surface area contributed by atoms with Gasteiger partial charge in [0.25, 0.3) is 0 Å². The lowest BCUT2D eigenvalue weighted by atomic mass is 9.92. The Morgan fingerprint density at radius 2 is 2.08 bits per heavy atom. The van der Waals surface area contributed by atoms with E-state index in [9.17, 15) is 4.79 Å². The average Bonchev–Trinajstić information content (AvgIpc) is 3.05. The quantitative estimate of drug-likeness (QED) is 0.674. The van der Waals surface area contributed by atoms with Crippen molar-refractivity contribution in [1.29, 1.82) is 0 Å². The highest BCUT2D eigenvalue weighted by molar-refractivity contribution is 7.15. The maximum absolute atomic E-state index is 11.8. The Labute approximate surface area is 163 Å². The monoisotopic (exact) mass is 393 g/mol. The lowest BCUT2D eigenvalue weighted by Crippen LogP contribution is -2.48. The van der Waals surface area contributed by atoms with Crippen molar-refractivity contribution in [1.82, 2.24) is 20.4 Å². The smallest absolute Gasteiger partial charge is 0.321 e. The van der Waals surface area contributed by atoms with Gasteiger partial charge in [-0.05, 0) is 49.4 Å². The fourth-order valence-corrected chi connectivity index (χ4v) is 3.84. The minimum Gasteiger partial charge on any atom is -0.338 e. The van der Waals surface area contributed by atoms with Crippen molar-refractivity contribution in [3.63, 3.8) is 0 Å². The van der Waals surface area contributed by atoms with Crippen LogP contribution >= 0.6 is 22.9 Å². The molecule has 0 bridgehead atoms. The molecule has 0 spiro atoms. The summed E-state index contributed by atoms with van der Waals surface area (Å²) in [5, 5.41) is 15.8. The first-order chi connectivity index (χ1) is 12.6. The molecule has 6 nitrogen and oxygen atoms in total. The molecule has 2 amide bonds. The summed E-state index contributed by atoms with van der Waals surface area (Å²) in [6.45, 7) is 5.93. The van der Waals surface area contributed by atoms with Gasteiger partial charge < -0.3 is 10.2 Å². The fraction of sp³-hybridized carbons (Fsp3) is 0.500. The summed E-state index contributed by atoms with van der Waals surface area (Å²) in [5.74, 6) is 0.720. The van der Waals surface area contributed by atoms with E-state index in [0.29, 0.717) is 11.7 Å². The average molecular weight is 394 g/mol. The van der Waals surface area contributed by atoms with Gasteiger partial charge in [-0.15, -0.1) is 10.2 Å². The number of urea groups is 1. The van der Waals surface area contributed by atoms with Crippen molar-refractivity contribution >= 4 is 34.1 Å². The van der Waals surface area contributed by atoms with Crippen LogP contribution in [-0.2, 0) is 12.8 Å². The van der Waals surface area contributed by atoms with Crippen LogP contribution in [0.15, 0.2) is 24.3 Å². The van der Waals surface area contributed by atoms with Crippen LogP contribution in [0, 0.1) is 5.92 Å². The summed E-state index contributed by atoms with van der Waals surface area (Å²) in [5.41, 5.74) is 1.35. The number of carbonyl (C=O) groups excluding carboxylic acids is 1. The van der Waals surface area contributed by atoms with Gasteiger partial charge in [0, 0.05) is 24.7 Å². The molecular formula is C18H24ClN5OS. The Morgan fingerprint density at radius 1 is 1.31 bits per heavy atom. The van der Waals surface area contributed by atoms with E-state index in [2.05, 4.69) is 37.9 Å². The minimum atomic E-state index is -0.215. The Balaban J connectivity index is 1.24. The van der Waals surface area contributed by atoms with E-state index in [1.807, 2.05) is 19.1 Å². The molecular weight excluding hydrogens is 370 g/mol. The number of rotatable bonds is 8. The van der Waals surface area contributed by atoms with Crippen LogP contribution in [0.3, 0.4) is 0 Å². The summed E-state index contributed by atoms with van der Waals surface area (Å²) in [7, 11) is 0. The highest BCUT2D eigenvalue weighted by Gasteiger charge is 2.25. The number of amides is 2. The number of anilines is 1. The van der Waals surface area contributed by atoms with Crippen LogP contribution in [0.4, 0.5) is 9.93 Å². The van der Waals surface area contributed by atoms with Crippen LogP contribution in [0.5, 0.6) is 0 Å². The van der Waals surface area contributed by atoms with E-state index < -0.39 is 0 Å². The van der Waals surface area contributed by atoms with E-state index >= 15 is 0 Å².